The Morgan fingerprint density at radius 3 is 2.43 bits per heavy atom. The highest BCUT2D eigenvalue weighted by atomic mass is 79.9. The zero-order chi connectivity index (χ0) is 17.2. The van der Waals surface area contributed by atoms with Crippen molar-refractivity contribution in [3.8, 4) is 0 Å². The summed E-state index contributed by atoms with van der Waals surface area (Å²) in [6.45, 7) is 0. The Labute approximate surface area is 139 Å². The Morgan fingerprint density at radius 1 is 1.26 bits per heavy atom. The molecule has 1 aliphatic rings. The van der Waals surface area contributed by atoms with E-state index in [-0.39, 0.29) is 5.56 Å². The fraction of sp³-hybridized carbons (Fsp3) is 0.267. The van der Waals surface area contributed by atoms with Gasteiger partial charge in [-0.3, -0.25) is 4.79 Å². The average molecular weight is 385 g/mol. The maximum atomic E-state index is 12.1. The van der Waals surface area contributed by atoms with Crippen molar-refractivity contribution in [2.45, 2.75) is 17.8 Å². The summed E-state index contributed by atoms with van der Waals surface area (Å²) in [5, 5.41) is 20.2. The third-order valence-electron chi connectivity index (χ3n) is 3.38. The molecule has 2 N–H and O–H groups in total. The molecule has 0 aliphatic heterocycles. The highest BCUT2D eigenvalue weighted by Gasteiger charge is 2.57. The largest absolute Gasteiger partial charge is 0.467 e. The molecule has 1 aromatic rings. The highest BCUT2D eigenvalue weighted by Crippen LogP contribution is 2.27. The molecular formula is C15H13BrO7. The molecule has 0 spiro atoms. The van der Waals surface area contributed by atoms with Crippen molar-refractivity contribution in [2.75, 3.05) is 7.11 Å². The van der Waals surface area contributed by atoms with Gasteiger partial charge in [-0.15, -0.1) is 0 Å². The second-order valence-corrected chi connectivity index (χ2v) is 5.73. The Balaban J connectivity index is 2.30. The lowest BCUT2D eigenvalue weighted by Gasteiger charge is -2.36. The summed E-state index contributed by atoms with van der Waals surface area (Å²) in [5.41, 5.74) is -2.54. The van der Waals surface area contributed by atoms with Crippen molar-refractivity contribution in [2.24, 2.45) is 0 Å². The van der Waals surface area contributed by atoms with Crippen LogP contribution in [0.2, 0.25) is 0 Å². The van der Waals surface area contributed by atoms with Crippen LogP contribution in [0.4, 0.5) is 0 Å². The van der Waals surface area contributed by atoms with Crippen LogP contribution in [0.25, 0.3) is 0 Å². The molecule has 0 unspecified atom stereocenters. The van der Waals surface area contributed by atoms with Crippen molar-refractivity contribution in [1.82, 2.24) is 0 Å². The van der Waals surface area contributed by atoms with Crippen LogP contribution in [-0.2, 0) is 19.1 Å². The van der Waals surface area contributed by atoms with Gasteiger partial charge >= 0.3 is 11.9 Å². The number of halogens is 1. The second kappa shape index (κ2) is 6.61. The van der Waals surface area contributed by atoms with E-state index in [0.717, 1.165) is 23.7 Å². The molecule has 122 valence electrons. The van der Waals surface area contributed by atoms with Gasteiger partial charge < -0.3 is 19.7 Å². The molecule has 0 saturated carbocycles. The number of rotatable bonds is 3. The zero-order valence-corrected chi connectivity index (χ0v) is 13.5. The first-order chi connectivity index (χ1) is 10.8. The minimum absolute atomic E-state index is 0.167. The summed E-state index contributed by atoms with van der Waals surface area (Å²) >= 11 is 3.22. The third kappa shape index (κ3) is 3.19. The molecule has 1 aromatic carbocycles. The number of benzene rings is 1. The van der Waals surface area contributed by atoms with Gasteiger partial charge in [0.2, 0.25) is 5.60 Å². The van der Waals surface area contributed by atoms with Crippen LogP contribution < -0.4 is 0 Å². The van der Waals surface area contributed by atoms with Crippen LogP contribution in [0.15, 0.2) is 40.9 Å². The molecule has 0 amide bonds. The Hall–Kier alpha value is -2.03. The standard InChI is InChI=1S/C15H13BrO7/c1-22-14(20)15(21)11(7-6-10(17)12(15)18)23-13(19)8-2-4-9(16)5-3-8/h2-7,11-12,18,21H,1H3/t11-,12+,15-/m1/s1. The molecule has 0 fully saturated rings. The maximum Gasteiger partial charge on any atom is 0.345 e. The van der Waals surface area contributed by atoms with Crippen molar-refractivity contribution < 1.29 is 34.1 Å². The lowest BCUT2D eigenvalue weighted by Crippen LogP contribution is -2.63. The fourth-order valence-electron chi connectivity index (χ4n) is 2.08. The first-order valence-corrected chi connectivity index (χ1v) is 7.27. The van der Waals surface area contributed by atoms with Crippen LogP contribution in [0.5, 0.6) is 0 Å². The number of ketones is 1. The number of aliphatic hydroxyl groups excluding tert-OH is 1. The van der Waals surface area contributed by atoms with Gasteiger partial charge in [-0.1, -0.05) is 15.9 Å². The van der Waals surface area contributed by atoms with Gasteiger partial charge in [0.25, 0.3) is 0 Å². The van der Waals surface area contributed by atoms with Gasteiger partial charge in [0, 0.05) is 4.47 Å². The van der Waals surface area contributed by atoms with E-state index in [1.54, 1.807) is 12.1 Å². The topological polar surface area (TPSA) is 110 Å². The molecular weight excluding hydrogens is 372 g/mol. The van der Waals surface area contributed by atoms with E-state index in [4.69, 9.17) is 4.74 Å². The number of hydrogen-bond acceptors (Lipinski definition) is 7. The molecule has 3 atom stereocenters. The van der Waals surface area contributed by atoms with Crippen molar-refractivity contribution >= 4 is 33.7 Å². The molecule has 8 heteroatoms. The number of carbonyl (C=O) groups is 3. The van der Waals surface area contributed by atoms with Crippen molar-refractivity contribution in [3.63, 3.8) is 0 Å². The molecule has 1 aliphatic carbocycles. The van der Waals surface area contributed by atoms with Gasteiger partial charge in [-0.2, -0.15) is 0 Å². The third-order valence-corrected chi connectivity index (χ3v) is 3.91. The number of ether oxygens (including phenoxy) is 2. The van der Waals surface area contributed by atoms with Crippen LogP contribution >= 0.6 is 15.9 Å². The van der Waals surface area contributed by atoms with Crippen molar-refractivity contribution in [1.29, 1.82) is 0 Å². The molecule has 0 bridgehead atoms. The van der Waals surface area contributed by atoms with Gasteiger partial charge in [-0.25, -0.2) is 9.59 Å². The lowest BCUT2D eigenvalue weighted by molar-refractivity contribution is -0.192. The first kappa shape index (κ1) is 17.3. The van der Waals surface area contributed by atoms with E-state index in [1.165, 1.54) is 12.1 Å². The van der Waals surface area contributed by atoms with Gasteiger partial charge in [0.1, 0.15) is 0 Å². The monoisotopic (exact) mass is 384 g/mol. The molecule has 23 heavy (non-hydrogen) atoms. The van der Waals surface area contributed by atoms with Crippen LogP contribution in [0.1, 0.15) is 10.4 Å². The van der Waals surface area contributed by atoms with Crippen molar-refractivity contribution in [3.05, 3.63) is 46.5 Å². The predicted molar refractivity (Wildman–Crippen MR) is 80.5 cm³/mol. The van der Waals surface area contributed by atoms with E-state index in [0.29, 0.717) is 0 Å². The summed E-state index contributed by atoms with van der Waals surface area (Å²) in [5.74, 6) is -3.01. The summed E-state index contributed by atoms with van der Waals surface area (Å²) in [7, 11) is 0.976. The van der Waals surface area contributed by atoms with E-state index in [9.17, 15) is 24.6 Å². The maximum absolute atomic E-state index is 12.1. The molecule has 0 aromatic heterocycles. The highest BCUT2D eigenvalue weighted by molar-refractivity contribution is 9.10. The second-order valence-electron chi connectivity index (χ2n) is 4.81. The number of methoxy groups -OCH3 is 1. The Bertz CT molecular complexity index is 667. The van der Waals surface area contributed by atoms with Gasteiger partial charge in [-0.05, 0) is 36.4 Å². The van der Waals surface area contributed by atoms with E-state index in [2.05, 4.69) is 20.7 Å². The molecule has 0 saturated heterocycles. The van der Waals surface area contributed by atoms with Crippen LogP contribution in [-0.4, -0.2) is 52.9 Å². The zero-order valence-electron chi connectivity index (χ0n) is 11.9. The Kier molecular flexibility index (Phi) is 4.98. The SMILES string of the molecule is COC(=O)[C@@]1(O)[C@H](OC(=O)c2ccc(Br)cc2)C=CC(=O)[C@@H]1O. The average Bonchev–Trinajstić information content (AvgIpc) is 2.55. The fourth-order valence-corrected chi connectivity index (χ4v) is 2.35. The summed E-state index contributed by atoms with van der Waals surface area (Å²) in [4.78, 5) is 35.4. The number of esters is 2. The summed E-state index contributed by atoms with van der Waals surface area (Å²) in [6.07, 6.45) is -1.70. The minimum Gasteiger partial charge on any atom is -0.467 e. The van der Waals surface area contributed by atoms with Gasteiger partial charge in [0.15, 0.2) is 18.0 Å². The van der Waals surface area contributed by atoms with Gasteiger partial charge in [0.05, 0.1) is 12.7 Å². The Morgan fingerprint density at radius 2 is 1.87 bits per heavy atom. The normalized spacial score (nSPS) is 26.7. The first-order valence-electron chi connectivity index (χ1n) is 6.48. The minimum atomic E-state index is -2.70. The smallest absolute Gasteiger partial charge is 0.345 e. The number of aliphatic hydroxyl groups is 2. The molecule has 2 rings (SSSR count). The molecule has 0 radical (unpaired) electrons. The molecule has 7 nitrogen and oxygen atoms in total. The van der Waals surface area contributed by atoms with E-state index < -0.39 is 35.5 Å². The molecule has 0 heterocycles. The summed E-state index contributed by atoms with van der Waals surface area (Å²) in [6, 6.07) is 6.16. The van der Waals surface area contributed by atoms with E-state index >= 15 is 0 Å². The quantitative estimate of drug-likeness (QED) is 0.724. The summed E-state index contributed by atoms with van der Waals surface area (Å²) < 4.78 is 10.2. The van der Waals surface area contributed by atoms with Crippen LogP contribution in [0.3, 0.4) is 0 Å². The number of carbonyl (C=O) groups excluding carboxylic acids is 3. The predicted octanol–water partition coefficient (Wildman–Crippen LogP) is 0.378. The van der Waals surface area contributed by atoms with E-state index in [1.807, 2.05) is 0 Å². The van der Waals surface area contributed by atoms with Crippen LogP contribution in [0, 0.1) is 0 Å². The number of hydrogen-bond donors (Lipinski definition) is 2. The lowest BCUT2D eigenvalue weighted by atomic mass is 9.83.